The third-order valence-corrected chi connectivity index (χ3v) is 6.78. The fourth-order valence-electron chi connectivity index (χ4n) is 3.65. The van der Waals surface area contributed by atoms with Crippen LogP contribution in [0, 0.1) is 5.82 Å². The smallest absolute Gasteiger partial charge is 0.268 e. The molecule has 0 unspecified atom stereocenters. The molecule has 140 valence electrons. The van der Waals surface area contributed by atoms with Gasteiger partial charge in [0, 0.05) is 22.3 Å². The molecule has 0 fully saturated rings. The van der Waals surface area contributed by atoms with Crippen LogP contribution in [0.3, 0.4) is 0 Å². The lowest BCUT2D eigenvalue weighted by Gasteiger charge is -2.14. The van der Waals surface area contributed by atoms with Crippen LogP contribution in [0.1, 0.15) is 23.1 Å². The van der Waals surface area contributed by atoms with Gasteiger partial charge < -0.3 is 5.11 Å². The molecular weight excluding hydrogens is 389 g/mol. The summed E-state index contributed by atoms with van der Waals surface area (Å²) >= 11 is 6.13. The van der Waals surface area contributed by atoms with Crippen LogP contribution in [0.25, 0.3) is 11.3 Å². The molecular formula is C20H17ClFNO3S. The molecule has 1 aliphatic rings. The van der Waals surface area contributed by atoms with Gasteiger partial charge in [-0.05, 0) is 60.7 Å². The predicted octanol–water partition coefficient (Wildman–Crippen LogP) is 4.17. The summed E-state index contributed by atoms with van der Waals surface area (Å²) in [4.78, 5) is -0.135. The monoisotopic (exact) mass is 405 g/mol. The highest BCUT2D eigenvalue weighted by atomic mass is 35.5. The van der Waals surface area contributed by atoms with Crippen LogP contribution in [0.15, 0.2) is 53.6 Å². The summed E-state index contributed by atoms with van der Waals surface area (Å²) in [5, 5.41) is 10.4. The van der Waals surface area contributed by atoms with Crippen molar-refractivity contribution >= 4 is 21.6 Å². The third kappa shape index (κ3) is 3.08. The highest BCUT2D eigenvalue weighted by molar-refractivity contribution is 7.90. The number of halogens is 2. The third-order valence-electron chi connectivity index (χ3n) is 4.89. The van der Waals surface area contributed by atoms with Crippen molar-refractivity contribution in [1.82, 2.24) is 3.97 Å². The van der Waals surface area contributed by atoms with E-state index in [1.165, 1.54) is 28.4 Å². The topological polar surface area (TPSA) is 59.3 Å². The van der Waals surface area contributed by atoms with Gasteiger partial charge in [-0.3, -0.25) is 0 Å². The van der Waals surface area contributed by atoms with Crippen LogP contribution in [-0.4, -0.2) is 17.5 Å². The van der Waals surface area contributed by atoms with Crippen molar-refractivity contribution in [3.8, 4) is 11.3 Å². The molecule has 0 amide bonds. The van der Waals surface area contributed by atoms with Crippen molar-refractivity contribution in [3.63, 3.8) is 0 Å². The molecule has 4 nitrogen and oxygen atoms in total. The molecule has 27 heavy (non-hydrogen) atoms. The molecule has 2 aromatic carbocycles. The molecule has 0 atom stereocenters. The van der Waals surface area contributed by atoms with Crippen molar-refractivity contribution in [2.24, 2.45) is 0 Å². The molecule has 1 aromatic heterocycles. The molecule has 4 rings (SSSR count). The van der Waals surface area contributed by atoms with Crippen molar-refractivity contribution in [2.75, 3.05) is 0 Å². The van der Waals surface area contributed by atoms with Crippen LogP contribution in [0.4, 0.5) is 4.39 Å². The summed E-state index contributed by atoms with van der Waals surface area (Å²) in [6.07, 6.45) is 3.66. The van der Waals surface area contributed by atoms with Gasteiger partial charge in [0.1, 0.15) is 5.82 Å². The lowest BCUT2D eigenvalue weighted by atomic mass is 10.0. The van der Waals surface area contributed by atoms with Crippen LogP contribution >= 0.6 is 11.6 Å². The highest BCUT2D eigenvalue weighted by Crippen LogP contribution is 2.38. The molecule has 0 radical (unpaired) electrons. The van der Waals surface area contributed by atoms with Crippen LogP contribution < -0.4 is 0 Å². The molecule has 0 saturated carbocycles. The van der Waals surface area contributed by atoms with Crippen LogP contribution in [-0.2, 0) is 29.5 Å². The predicted molar refractivity (Wildman–Crippen MR) is 102 cm³/mol. The van der Waals surface area contributed by atoms with E-state index in [1.54, 1.807) is 12.1 Å². The first kappa shape index (κ1) is 18.2. The van der Waals surface area contributed by atoms with Gasteiger partial charge in [0.25, 0.3) is 10.0 Å². The van der Waals surface area contributed by atoms with Gasteiger partial charge in [-0.1, -0.05) is 23.7 Å². The van der Waals surface area contributed by atoms with Crippen molar-refractivity contribution in [3.05, 3.63) is 76.2 Å². The molecule has 0 saturated heterocycles. The van der Waals surface area contributed by atoms with E-state index in [2.05, 4.69) is 0 Å². The summed E-state index contributed by atoms with van der Waals surface area (Å²) in [6, 6.07) is 10.3. The average molecular weight is 406 g/mol. The quantitative estimate of drug-likeness (QED) is 0.711. The number of aliphatic hydroxyl groups is 1. The number of aryl methyl sites for hydroxylation is 1. The van der Waals surface area contributed by atoms with E-state index >= 15 is 0 Å². The Morgan fingerprint density at radius 2 is 1.96 bits per heavy atom. The fraction of sp³-hybridized carbons (Fsp3) is 0.200. The summed E-state index contributed by atoms with van der Waals surface area (Å²) in [6.45, 7) is -0.267. The first-order valence-electron chi connectivity index (χ1n) is 8.55. The van der Waals surface area contributed by atoms with Gasteiger partial charge in [-0.2, -0.15) is 0 Å². The number of nitrogens with zero attached hydrogens (tertiary/aromatic N) is 1. The van der Waals surface area contributed by atoms with E-state index < -0.39 is 15.8 Å². The number of aliphatic hydroxyl groups excluding tert-OH is 1. The summed E-state index contributed by atoms with van der Waals surface area (Å²) in [5.74, 6) is -0.621. The fourth-order valence-corrected chi connectivity index (χ4v) is 5.30. The van der Waals surface area contributed by atoms with Gasteiger partial charge in [-0.25, -0.2) is 16.8 Å². The first-order chi connectivity index (χ1) is 12.9. The second kappa shape index (κ2) is 6.78. The Bertz CT molecular complexity index is 1140. The molecule has 1 aliphatic carbocycles. The second-order valence-electron chi connectivity index (χ2n) is 6.55. The minimum Gasteiger partial charge on any atom is -0.392 e. The lowest BCUT2D eigenvalue weighted by molar-refractivity contribution is 0.281. The first-order valence-corrected chi connectivity index (χ1v) is 10.4. The molecule has 7 heteroatoms. The maximum Gasteiger partial charge on any atom is 0.268 e. The largest absolute Gasteiger partial charge is 0.392 e. The maximum atomic E-state index is 13.6. The zero-order valence-corrected chi connectivity index (χ0v) is 15.9. The van der Waals surface area contributed by atoms with Gasteiger partial charge in [0.05, 0.1) is 17.2 Å². The molecule has 0 aliphatic heterocycles. The Labute approximate surface area is 161 Å². The Morgan fingerprint density at radius 1 is 1.15 bits per heavy atom. The normalized spacial score (nSPS) is 13.7. The number of benzene rings is 2. The Morgan fingerprint density at radius 3 is 2.70 bits per heavy atom. The van der Waals surface area contributed by atoms with Gasteiger partial charge in [0.15, 0.2) is 0 Å². The van der Waals surface area contributed by atoms with Gasteiger partial charge in [-0.15, -0.1) is 0 Å². The van der Waals surface area contributed by atoms with E-state index in [9.17, 15) is 17.9 Å². The molecule has 1 N–H and O–H groups in total. The van der Waals surface area contributed by atoms with Crippen LogP contribution in [0.5, 0.6) is 0 Å². The minimum atomic E-state index is -4.03. The molecule has 3 aromatic rings. The highest BCUT2D eigenvalue weighted by Gasteiger charge is 2.28. The number of rotatable bonds is 3. The SMILES string of the molecule is O=S(=O)(c1cccc(F)c1)n1cc(CO)c2c1-c1ccc(Cl)cc1CCC2. The zero-order valence-electron chi connectivity index (χ0n) is 14.3. The Balaban J connectivity index is 2.02. The van der Waals surface area contributed by atoms with E-state index in [-0.39, 0.29) is 11.5 Å². The van der Waals surface area contributed by atoms with E-state index in [0.717, 1.165) is 35.6 Å². The maximum absolute atomic E-state index is 13.6. The molecule has 1 heterocycles. The van der Waals surface area contributed by atoms with Gasteiger partial charge >= 0.3 is 0 Å². The summed E-state index contributed by atoms with van der Waals surface area (Å²) in [7, 11) is -4.03. The number of aromatic nitrogens is 1. The zero-order chi connectivity index (χ0) is 19.2. The standard InChI is InChI=1S/C20H17ClFNO3S/c21-15-7-8-19-13(9-15)3-1-6-18-14(12-24)11-23(20(18)19)27(25,26)17-5-2-4-16(22)10-17/h2,4-5,7-11,24H,1,3,6,12H2. The van der Waals surface area contributed by atoms with E-state index in [1.807, 2.05) is 6.07 Å². The number of fused-ring (bicyclic) bond motifs is 3. The van der Waals surface area contributed by atoms with Crippen LogP contribution in [0.2, 0.25) is 5.02 Å². The number of hydrogen-bond donors (Lipinski definition) is 1. The molecule has 0 bridgehead atoms. The van der Waals surface area contributed by atoms with E-state index in [4.69, 9.17) is 11.6 Å². The average Bonchev–Trinajstić information content (AvgIpc) is 2.91. The summed E-state index contributed by atoms with van der Waals surface area (Å²) < 4.78 is 41.3. The van der Waals surface area contributed by atoms with Gasteiger partial charge in [0.2, 0.25) is 0 Å². The Hall–Kier alpha value is -2.15. The molecule has 0 spiro atoms. The Kier molecular flexibility index (Phi) is 4.58. The van der Waals surface area contributed by atoms with Crippen molar-refractivity contribution in [1.29, 1.82) is 0 Å². The van der Waals surface area contributed by atoms with Crippen molar-refractivity contribution in [2.45, 2.75) is 30.8 Å². The minimum absolute atomic E-state index is 0.135. The van der Waals surface area contributed by atoms with Crippen molar-refractivity contribution < 1.29 is 17.9 Å². The van der Waals surface area contributed by atoms with E-state index in [0.29, 0.717) is 22.7 Å². The second-order valence-corrected chi connectivity index (χ2v) is 8.80. The number of hydrogen-bond acceptors (Lipinski definition) is 3. The summed E-state index contributed by atoms with van der Waals surface area (Å²) in [5.41, 5.74) is 3.62. The lowest BCUT2D eigenvalue weighted by Crippen LogP contribution is -2.14.